The van der Waals surface area contributed by atoms with Gasteiger partial charge in [0.2, 0.25) is 5.89 Å². The Morgan fingerprint density at radius 2 is 2.07 bits per heavy atom. The molecule has 1 aromatic carbocycles. The number of hydrogen-bond acceptors (Lipinski definition) is 6. The molecule has 0 unspecified atom stereocenters. The van der Waals surface area contributed by atoms with Crippen molar-refractivity contribution in [3.63, 3.8) is 0 Å². The predicted molar refractivity (Wildman–Crippen MR) is 107 cm³/mol. The van der Waals surface area contributed by atoms with Crippen molar-refractivity contribution in [3.05, 3.63) is 41.3 Å². The minimum atomic E-state index is -0.562. The first-order valence-electron chi connectivity index (χ1n) is 9.19. The van der Waals surface area contributed by atoms with Crippen molar-refractivity contribution in [1.29, 1.82) is 0 Å². The number of aromatic nitrogens is 2. The highest BCUT2D eigenvalue weighted by Gasteiger charge is 2.28. The van der Waals surface area contributed by atoms with E-state index in [-0.39, 0.29) is 12.0 Å². The lowest BCUT2D eigenvalue weighted by Crippen LogP contribution is -2.37. The van der Waals surface area contributed by atoms with Crippen LogP contribution in [0.15, 0.2) is 33.9 Å². The molecule has 0 fully saturated rings. The molecule has 0 radical (unpaired) electrons. The van der Waals surface area contributed by atoms with E-state index in [2.05, 4.69) is 47.6 Å². The molecule has 2 atom stereocenters. The molecule has 0 bridgehead atoms. The maximum absolute atomic E-state index is 12.2. The first kappa shape index (κ1) is 21.3. The summed E-state index contributed by atoms with van der Waals surface area (Å²) in [5.41, 5.74) is 1.86. The Morgan fingerprint density at radius 1 is 1.33 bits per heavy atom. The zero-order valence-electron chi connectivity index (χ0n) is 16.9. The standard InChI is InChI=1S/C20H29N3O3S/c1-7-14(3)16(21-18(24)26-20(4,5)6)17-22-23-19(25-17)27-12-15-10-8-9-13(2)11-15/h8-11,14,16H,7,12H2,1-6H3,(H,21,24)/t14-,16-/m0/s1. The van der Waals surface area contributed by atoms with Crippen molar-refractivity contribution in [1.82, 2.24) is 15.5 Å². The second-order valence-electron chi connectivity index (χ2n) is 7.69. The summed E-state index contributed by atoms with van der Waals surface area (Å²) in [5.74, 6) is 1.28. The molecule has 0 saturated carbocycles. The zero-order chi connectivity index (χ0) is 20.0. The van der Waals surface area contributed by atoms with Crippen molar-refractivity contribution in [2.24, 2.45) is 5.92 Å². The Hall–Kier alpha value is -2.02. The van der Waals surface area contributed by atoms with E-state index >= 15 is 0 Å². The highest BCUT2D eigenvalue weighted by Crippen LogP contribution is 2.28. The Bertz CT molecular complexity index is 755. The normalized spacial score (nSPS) is 13.9. The van der Waals surface area contributed by atoms with Gasteiger partial charge in [0.1, 0.15) is 11.6 Å². The van der Waals surface area contributed by atoms with Crippen molar-refractivity contribution in [2.45, 2.75) is 70.6 Å². The van der Waals surface area contributed by atoms with Crippen LogP contribution in [0.1, 0.15) is 64.1 Å². The highest BCUT2D eigenvalue weighted by molar-refractivity contribution is 7.98. The van der Waals surface area contributed by atoms with Crippen LogP contribution < -0.4 is 5.32 Å². The van der Waals surface area contributed by atoms with Gasteiger partial charge in [-0.05, 0) is 39.2 Å². The number of alkyl carbamates (subject to hydrolysis) is 1. The largest absolute Gasteiger partial charge is 0.444 e. The van der Waals surface area contributed by atoms with Crippen molar-refractivity contribution >= 4 is 17.9 Å². The van der Waals surface area contributed by atoms with Gasteiger partial charge in [-0.1, -0.05) is 61.9 Å². The van der Waals surface area contributed by atoms with Crippen LogP contribution >= 0.6 is 11.8 Å². The molecule has 1 amide bonds. The van der Waals surface area contributed by atoms with Gasteiger partial charge in [0, 0.05) is 5.75 Å². The molecule has 27 heavy (non-hydrogen) atoms. The minimum absolute atomic E-state index is 0.132. The molecule has 6 nitrogen and oxygen atoms in total. The van der Waals surface area contributed by atoms with Crippen LogP contribution in [0.5, 0.6) is 0 Å². The Labute approximate surface area is 165 Å². The van der Waals surface area contributed by atoms with Gasteiger partial charge >= 0.3 is 6.09 Å². The van der Waals surface area contributed by atoms with Gasteiger partial charge in [-0.25, -0.2) is 4.79 Å². The topological polar surface area (TPSA) is 77.2 Å². The van der Waals surface area contributed by atoms with E-state index in [1.165, 1.54) is 22.9 Å². The smallest absolute Gasteiger partial charge is 0.408 e. The molecule has 0 saturated heterocycles. The number of benzene rings is 1. The number of nitrogens with zero attached hydrogens (tertiary/aromatic N) is 2. The minimum Gasteiger partial charge on any atom is -0.444 e. The molecule has 2 rings (SSSR count). The van der Waals surface area contributed by atoms with E-state index in [0.29, 0.717) is 11.1 Å². The first-order chi connectivity index (χ1) is 12.7. The summed E-state index contributed by atoms with van der Waals surface area (Å²) in [5, 5.41) is 11.6. The SMILES string of the molecule is CC[C@H](C)[C@H](NC(=O)OC(C)(C)C)c1nnc(SCc2cccc(C)c2)o1. The molecule has 0 aliphatic carbocycles. The van der Waals surface area contributed by atoms with Crippen LogP contribution in [0.25, 0.3) is 0 Å². The molecule has 1 aromatic heterocycles. The fourth-order valence-corrected chi connectivity index (χ4v) is 3.18. The average Bonchev–Trinajstić information content (AvgIpc) is 3.04. The fourth-order valence-electron chi connectivity index (χ4n) is 2.47. The quantitative estimate of drug-likeness (QED) is 0.647. The molecule has 148 valence electrons. The van der Waals surface area contributed by atoms with Gasteiger partial charge in [0.05, 0.1) is 0 Å². The van der Waals surface area contributed by atoms with E-state index in [0.717, 1.165) is 12.2 Å². The van der Waals surface area contributed by atoms with E-state index < -0.39 is 11.7 Å². The maximum Gasteiger partial charge on any atom is 0.408 e. The zero-order valence-corrected chi connectivity index (χ0v) is 17.7. The number of aryl methyl sites for hydroxylation is 1. The third kappa shape index (κ3) is 6.90. The highest BCUT2D eigenvalue weighted by atomic mass is 32.2. The number of amides is 1. The molecular weight excluding hydrogens is 362 g/mol. The lowest BCUT2D eigenvalue weighted by Gasteiger charge is -2.24. The number of ether oxygens (including phenoxy) is 1. The van der Waals surface area contributed by atoms with E-state index in [1.54, 1.807) is 0 Å². The van der Waals surface area contributed by atoms with Gasteiger partial charge < -0.3 is 14.5 Å². The number of rotatable bonds is 7. The number of thioether (sulfide) groups is 1. The van der Waals surface area contributed by atoms with E-state index in [9.17, 15) is 4.79 Å². The van der Waals surface area contributed by atoms with Crippen LogP contribution in [0.4, 0.5) is 4.79 Å². The van der Waals surface area contributed by atoms with E-state index in [1.807, 2.05) is 33.8 Å². The van der Waals surface area contributed by atoms with Crippen molar-refractivity contribution in [2.75, 3.05) is 0 Å². The Kier molecular flexibility index (Phi) is 7.30. The number of hydrogen-bond donors (Lipinski definition) is 1. The number of carbonyl (C=O) groups is 1. The van der Waals surface area contributed by atoms with Gasteiger partial charge in [-0.2, -0.15) is 0 Å². The predicted octanol–water partition coefficient (Wildman–Crippen LogP) is 5.28. The van der Waals surface area contributed by atoms with Crippen LogP contribution in [0, 0.1) is 12.8 Å². The maximum atomic E-state index is 12.2. The molecule has 0 spiro atoms. The first-order valence-corrected chi connectivity index (χ1v) is 10.2. The second kappa shape index (κ2) is 9.26. The third-order valence-electron chi connectivity index (χ3n) is 4.02. The Balaban J connectivity index is 2.05. The van der Waals surface area contributed by atoms with Gasteiger partial charge in [-0.15, -0.1) is 10.2 Å². The third-order valence-corrected chi connectivity index (χ3v) is 4.91. The van der Waals surface area contributed by atoms with Crippen LogP contribution in [0.3, 0.4) is 0 Å². The van der Waals surface area contributed by atoms with Crippen LogP contribution in [0.2, 0.25) is 0 Å². The molecule has 0 aliphatic heterocycles. The molecule has 7 heteroatoms. The van der Waals surface area contributed by atoms with Gasteiger partial charge in [0.25, 0.3) is 5.22 Å². The molecule has 1 N–H and O–H groups in total. The lowest BCUT2D eigenvalue weighted by molar-refractivity contribution is 0.0474. The fraction of sp³-hybridized carbons (Fsp3) is 0.550. The summed E-state index contributed by atoms with van der Waals surface area (Å²) in [7, 11) is 0. The molecule has 1 heterocycles. The summed E-state index contributed by atoms with van der Waals surface area (Å²) in [6.07, 6.45) is 0.370. The molecule has 2 aromatic rings. The average molecular weight is 392 g/mol. The number of nitrogens with one attached hydrogen (secondary N) is 1. The van der Waals surface area contributed by atoms with Crippen molar-refractivity contribution in [3.8, 4) is 0 Å². The summed E-state index contributed by atoms with van der Waals surface area (Å²) >= 11 is 1.48. The van der Waals surface area contributed by atoms with Crippen LogP contribution in [-0.2, 0) is 10.5 Å². The monoisotopic (exact) mass is 391 g/mol. The molecular formula is C20H29N3O3S. The van der Waals surface area contributed by atoms with Gasteiger partial charge in [0.15, 0.2) is 0 Å². The summed E-state index contributed by atoms with van der Waals surface area (Å²) in [4.78, 5) is 12.2. The van der Waals surface area contributed by atoms with Crippen molar-refractivity contribution < 1.29 is 13.9 Å². The Morgan fingerprint density at radius 3 is 2.70 bits per heavy atom. The van der Waals surface area contributed by atoms with Gasteiger partial charge in [-0.3, -0.25) is 0 Å². The summed E-state index contributed by atoms with van der Waals surface area (Å²) < 4.78 is 11.2. The lowest BCUT2D eigenvalue weighted by atomic mass is 9.99. The summed E-state index contributed by atoms with van der Waals surface area (Å²) in [6.45, 7) is 11.6. The summed E-state index contributed by atoms with van der Waals surface area (Å²) in [6, 6.07) is 7.93. The van der Waals surface area contributed by atoms with E-state index in [4.69, 9.17) is 9.15 Å². The number of carbonyl (C=O) groups excluding carboxylic acids is 1. The molecule has 0 aliphatic rings. The second-order valence-corrected chi connectivity index (χ2v) is 8.62. The van der Waals surface area contributed by atoms with Crippen LogP contribution in [-0.4, -0.2) is 21.9 Å².